The van der Waals surface area contributed by atoms with Gasteiger partial charge in [-0.25, -0.2) is 14.4 Å². The predicted octanol–water partition coefficient (Wildman–Crippen LogP) is 5.49. The van der Waals surface area contributed by atoms with E-state index in [2.05, 4.69) is 5.32 Å². The molecular formula is C29H26FN3O4. The third-order valence-corrected chi connectivity index (χ3v) is 6.42. The van der Waals surface area contributed by atoms with Crippen molar-refractivity contribution in [2.45, 2.75) is 38.1 Å². The van der Waals surface area contributed by atoms with E-state index in [1.54, 1.807) is 24.3 Å². The van der Waals surface area contributed by atoms with Crippen LogP contribution in [0.15, 0.2) is 66.7 Å². The molecule has 2 N–H and O–H groups in total. The van der Waals surface area contributed by atoms with E-state index in [0.717, 1.165) is 22.5 Å². The van der Waals surface area contributed by atoms with Gasteiger partial charge in [0.1, 0.15) is 11.6 Å². The molecule has 2 heterocycles. The highest BCUT2D eigenvalue weighted by Crippen LogP contribution is 2.33. The first-order valence-corrected chi connectivity index (χ1v) is 12.3. The van der Waals surface area contributed by atoms with Gasteiger partial charge in [0, 0.05) is 35.6 Å². The molecule has 0 radical (unpaired) electrons. The molecule has 0 aliphatic carbocycles. The van der Waals surface area contributed by atoms with Crippen LogP contribution < -0.4 is 10.1 Å². The number of ether oxygens (including phenoxy) is 1. The van der Waals surface area contributed by atoms with E-state index in [4.69, 9.17) is 19.8 Å². The number of hydrogen-bond donors (Lipinski definition) is 2. The number of aromatic nitrogens is 2. The van der Waals surface area contributed by atoms with Crippen molar-refractivity contribution in [2.24, 2.45) is 0 Å². The van der Waals surface area contributed by atoms with Crippen molar-refractivity contribution in [3.05, 3.63) is 89.4 Å². The minimum Gasteiger partial charge on any atom is -0.493 e. The van der Waals surface area contributed by atoms with Gasteiger partial charge >= 0.3 is 5.97 Å². The van der Waals surface area contributed by atoms with E-state index >= 15 is 0 Å². The van der Waals surface area contributed by atoms with E-state index < -0.39 is 5.97 Å². The Morgan fingerprint density at radius 1 is 1.00 bits per heavy atom. The van der Waals surface area contributed by atoms with Crippen molar-refractivity contribution in [3.8, 4) is 17.0 Å². The largest absolute Gasteiger partial charge is 0.493 e. The van der Waals surface area contributed by atoms with Crippen molar-refractivity contribution >= 4 is 22.9 Å². The smallest absolute Gasteiger partial charge is 0.303 e. The van der Waals surface area contributed by atoms with E-state index in [1.807, 2.05) is 30.3 Å². The van der Waals surface area contributed by atoms with Crippen LogP contribution in [0.1, 0.15) is 53.3 Å². The fourth-order valence-electron chi connectivity index (χ4n) is 4.56. The number of nitrogens with one attached hydrogen (secondary N) is 1. The molecule has 0 unspecified atom stereocenters. The molecule has 1 amide bonds. The monoisotopic (exact) mass is 499 g/mol. The zero-order valence-electron chi connectivity index (χ0n) is 20.1. The molecule has 1 aliphatic rings. The number of halogens is 1. The minimum atomic E-state index is -0.819. The number of carboxylic acid groups (broad SMARTS) is 1. The molecule has 3 aromatic carbocycles. The van der Waals surface area contributed by atoms with Crippen molar-refractivity contribution in [3.63, 3.8) is 0 Å². The van der Waals surface area contributed by atoms with Crippen LogP contribution in [0.5, 0.6) is 5.75 Å². The van der Waals surface area contributed by atoms with Crippen LogP contribution in [0.2, 0.25) is 0 Å². The molecule has 4 aromatic rings. The SMILES string of the molecule is O=C(O)CCCCc1nc2cc(C(=O)N[C@@H]3CCOc4cc(F)ccc43)ccc2nc1-c1ccccc1. The van der Waals surface area contributed by atoms with Crippen LogP contribution in [-0.2, 0) is 11.2 Å². The van der Waals surface area contributed by atoms with Gasteiger partial charge in [0.15, 0.2) is 0 Å². The van der Waals surface area contributed by atoms with Crippen LogP contribution >= 0.6 is 0 Å². The number of carbonyl (C=O) groups is 2. The Kier molecular flexibility index (Phi) is 7.07. The number of amides is 1. The molecule has 5 rings (SSSR count). The maximum Gasteiger partial charge on any atom is 0.303 e. The van der Waals surface area contributed by atoms with Gasteiger partial charge in [-0.3, -0.25) is 9.59 Å². The summed E-state index contributed by atoms with van der Waals surface area (Å²) in [4.78, 5) is 33.8. The van der Waals surface area contributed by atoms with Crippen molar-refractivity contribution in [1.82, 2.24) is 15.3 Å². The third-order valence-electron chi connectivity index (χ3n) is 6.42. The normalized spacial score (nSPS) is 14.6. The van der Waals surface area contributed by atoms with Gasteiger partial charge in [0.2, 0.25) is 0 Å². The molecule has 0 bridgehead atoms. The lowest BCUT2D eigenvalue weighted by atomic mass is 10.00. The minimum absolute atomic E-state index is 0.105. The van der Waals surface area contributed by atoms with Gasteiger partial charge < -0.3 is 15.2 Å². The van der Waals surface area contributed by atoms with Crippen LogP contribution in [0, 0.1) is 5.82 Å². The maximum absolute atomic E-state index is 13.6. The quantitative estimate of drug-likeness (QED) is 0.311. The highest BCUT2D eigenvalue weighted by Gasteiger charge is 2.24. The first-order chi connectivity index (χ1) is 18.0. The van der Waals surface area contributed by atoms with Crippen molar-refractivity contribution in [2.75, 3.05) is 6.61 Å². The molecule has 0 fully saturated rings. The van der Waals surface area contributed by atoms with Crippen LogP contribution in [0.3, 0.4) is 0 Å². The number of benzene rings is 3. The first kappa shape index (κ1) is 24.4. The second-order valence-corrected chi connectivity index (χ2v) is 9.03. The summed E-state index contributed by atoms with van der Waals surface area (Å²) < 4.78 is 19.1. The summed E-state index contributed by atoms with van der Waals surface area (Å²) in [6.07, 6.45) is 2.47. The summed E-state index contributed by atoms with van der Waals surface area (Å²) in [6, 6.07) is 19.0. The highest BCUT2D eigenvalue weighted by atomic mass is 19.1. The van der Waals surface area contributed by atoms with Crippen LogP contribution in [-0.4, -0.2) is 33.6 Å². The number of nitrogens with zero attached hydrogens (tertiary/aromatic N) is 2. The lowest BCUT2D eigenvalue weighted by molar-refractivity contribution is -0.137. The lowest BCUT2D eigenvalue weighted by Gasteiger charge is -2.26. The molecule has 7 nitrogen and oxygen atoms in total. The Balaban J connectivity index is 1.42. The number of carboxylic acids is 1. The van der Waals surface area contributed by atoms with Crippen LogP contribution in [0.25, 0.3) is 22.3 Å². The summed E-state index contributed by atoms with van der Waals surface area (Å²) in [5.74, 6) is -1.02. The van der Waals surface area contributed by atoms with Gasteiger partial charge in [-0.15, -0.1) is 0 Å². The number of aliphatic carboxylic acids is 1. The zero-order valence-corrected chi connectivity index (χ0v) is 20.1. The molecule has 0 saturated heterocycles. The Morgan fingerprint density at radius 3 is 2.65 bits per heavy atom. The molecule has 1 atom stereocenters. The summed E-state index contributed by atoms with van der Waals surface area (Å²) in [5.41, 5.74) is 4.90. The van der Waals surface area contributed by atoms with E-state index in [9.17, 15) is 14.0 Å². The Hall–Kier alpha value is -4.33. The summed E-state index contributed by atoms with van der Waals surface area (Å²) >= 11 is 0. The molecule has 0 spiro atoms. The number of aryl methyl sites for hydroxylation is 1. The first-order valence-electron chi connectivity index (χ1n) is 12.3. The van der Waals surface area contributed by atoms with Gasteiger partial charge in [0.05, 0.1) is 35.1 Å². The number of rotatable bonds is 8. The van der Waals surface area contributed by atoms with Gasteiger partial charge in [0.25, 0.3) is 5.91 Å². The van der Waals surface area contributed by atoms with Gasteiger partial charge in [-0.05, 0) is 43.5 Å². The molecule has 8 heteroatoms. The average molecular weight is 500 g/mol. The van der Waals surface area contributed by atoms with E-state index in [0.29, 0.717) is 54.6 Å². The summed E-state index contributed by atoms with van der Waals surface area (Å²) in [6.45, 7) is 0.387. The maximum atomic E-state index is 13.6. The third kappa shape index (κ3) is 5.58. The fourth-order valence-corrected chi connectivity index (χ4v) is 4.56. The zero-order chi connectivity index (χ0) is 25.8. The Morgan fingerprint density at radius 2 is 1.84 bits per heavy atom. The average Bonchev–Trinajstić information content (AvgIpc) is 2.90. The predicted molar refractivity (Wildman–Crippen MR) is 137 cm³/mol. The fraction of sp³-hybridized carbons (Fsp3) is 0.241. The van der Waals surface area contributed by atoms with Crippen molar-refractivity contribution in [1.29, 1.82) is 0 Å². The number of hydrogen-bond acceptors (Lipinski definition) is 5. The molecular weight excluding hydrogens is 473 g/mol. The molecule has 1 aromatic heterocycles. The number of unbranched alkanes of at least 4 members (excludes halogenated alkanes) is 1. The standard InChI is InChI=1S/C29H26FN3O4/c30-20-11-12-21-22(14-15-37-26(21)17-20)33-29(36)19-10-13-23-25(16-19)31-24(8-4-5-9-27(34)35)28(32-23)18-6-2-1-3-7-18/h1-3,6-7,10-13,16-17,22H,4-5,8-9,14-15H2,(H,33,36)(H,34,35)/t22-/m1/s1. The van der Waals surface area contributed by atoms with Gasteiger partial charge in [-0.2, -0.15) is 0 Å². The van der Waals surface area contributed by atoms with E-state index in [1.165, 1.54) is 12.1 Å². The van der Waals surface area contributed by atoms with E-state index in [-0.39, 0.29) is 24.2 Å². The second-order valence-electron chi connectivity index (χ2n) is 9.03. The number of fused-ring (bicyclic) bond motifs is 2. The Bertz CT molecular complexity index is 1460. The molecule has 0 saturated carbocycles. The highest BCUT2D eigenvalue weighted by molar-refractivity contribution is 5.97. The molecule has 1 aliphatic heterocycles. The van der Waals surface area contributed by atoms with Gasteiger partial charge in [-0.1, -0.05) is 36.4 Å². The Labute approximate surface area is 213 Å². The topological polar surface area (TPSA) is 101 Å². The second kappa shape index (κ2) is 10.7. The number of carbonyl (C=O) groups excluding carboxylic acids is 1. The van der Waals surface area contributed by atoms with Crippen LogP contribution in [0.4, 0.5) is 4.39 Å². The molecule has 37 heavy (non-hydrogen) atoms. The summed E-state index contributed by atoms with van der Waals surface area (Å²) in [7, 11) is 0. The summed E-state index contributed by atoms with van der Waals surface area (Å²) in [5, 5.41) is 12.0. The van der Waals surface area contributed by atoms with Crippen molar-refractivity contribution < 1.29 is 23.8 Å². The lowest BCUT2D eigenvalue weighted by Crippen LogP contribution is -2.32. The molecule has 188 valence electrons.